The number of likely N-dealkylation sites (tertiary alicyclic amines) is 1. The number of benzene rings is 2. The van der Waals surface area contributed by atoms with Crippen molar-refractivity contribution in [2.24, 2.45) is 0 Å². The minimum Gasteiger partial charge on any atom is -0.497 e. The average molecular weight is 426 g/mol. The van der Waals surface area contributed by atoms with Crippen LogP contribution < -0.4 is 20.9 Å². The first-order chi connectivity index (χ1) is 15.0. The number of hydrogen-bond donors (Lipinski definition) is 3. The number of hydrogen-bond acceptors (Lipinski definition) is 5. The van der Waals surface area contributed by atoms with Crippen LogP contribution in [0.25, 0.3) is 0 Å². The normalized spacial score (nSPS) is 21.7. The van der Waals surface area contributed by atoms with Gasteiger partial charge in [-0.05, 0) is 55.2 Å². The van der Waals surface area contributed by atoms with E-state index in [9.17, 15) is 14.0 Å². The van der Waals surface area contributed by atoms with Gasteiger partial charge in [0, 0.05) is 30.7 Å². The fourth-order valence-corrected chi connectivity index (χ4v) is 4.13. The quantitative estimate of drug-likeness (QED) is 0.683. The molecule has 0 aliphatic carbocycles. The molecule has 2 atom stereocenters. The second-order valence-electron chi connectivity index (χ2n) is 7.99. The summed E-state index contributed by atoms with van der Waals surface area (Å²) in [4.78, 5) is 27.3. The van der Waals surface area contributed by atoms with Crippen molar-refractivity contribution < 1.29 is 18.7 Å². The molecule has 2 heterocycles. The Kier molecular flexibility index (Phi) is 6.48. The number of nitrogens with zero attached hydrogens (tertiary/aromatic N) is 1. The summed E-state index contributed by atoms with van der Waals surface area (Å²) < 4.78 is 18.3. The second-order valence-corrected chi connectivity index (χ2v) is 7.99. The number of piperidine rings is 1. The highest BCUT2D eigenvalue weighted by Gasteiger charge is 2.34. The molecule has 0 spiro atoms. The van der Waals surface area contributed by atoms with Gasteiger partial charge in [-0.15, -0.1) is 0 Å². The Bertz CT molecular complexity index is 929. The summed E-state index contributed by atoms with van der Waals surface area (Å²) in [5, 5.41) is 3.06. The van der Waals surface area contributed by atoms with Gasteiger partial charge in [0.25, 0.3) is 5.91 Å². The minimum atomic E-state index is -0.321. The van der Waals surface area contributed by atoms with Crippen LogP contribution in [0.4, 0.5) is 4.39 Å². The molecule has 164 valence electrons. The molecular formula is C23H27FN4O3. The lowest BCUT2D eigenvalue weighted by molar-refractivity contribution is -0.134. The standard InChI is InChI=1S/C23H27FN4O3/c1-31-19-4-2-3-16(13-19)22(29)25-18-9-11-28(12-10-18)23(30)21-14-20(26-27-21)15-5-7-17(24)8-6-15/h2-8,13,18,20-21,26-27H,9-12,14H2,1H3,(H,25,29). The molecule has 0 aromatic heterocycles. The molecule has 2 unspecified atom stereocenters. The van der Waals surface area contributed by atoms with Crippen LogP contribution in [0.1, 0.15) is 41.2 Å². The fraction of sp³-hybridized carbons (Fsp3) is 0.391. The molecule has 0 saturated carbocycles. The van der Waals surface area contributed by atoms with Crippen LogP contribution in [0.2, 0.25) is 0 Å². The lowest BCUT2D eigenvalue weighted by atomic mass is 9.99. The van der Waals surface area contributed by atoms with Gasteiger partial charge < -0.3 is 15.0 Å². The maximum atomic E-state index is 13.1. The predicted molar refractivity (Wildman–Crippen MR) is 114 cm³/mol. The summed E-state index contributed by atoms with van der Waals surface area (Å²) in [6.07, 6.45) is 2.03. The smallest absolute Gasteiger partial charge is 0.251 e. The summed E-state index contributed by atoms with van der Waals surface area (Å²) in [7, 11) is 1.57. The molecule has 2 aliphatic heterocycles. The van der Waals surface area contributed by atoms with Crippen molar-refractivity contribution in [1.29, 1.82) is 0 Å². The number of nitrogens with one attached hydrogen (secondary N) is 3. The maximum Gasteiger partial charge on any atom is 0.251 e. The molecule has 2 aromatic carbocycles. The summed E-state index contributed by atoms with van der Waals surface area (Å²) >= 11 is 0. The van der Waals surface area contributed by atoms with Crippen LogP contribution in [-0.2, 0) is 4.79 Å². The van der Waals surface area contributed by atoms with Crippen molar-refractivity contribution in [2.45, 2.75) is 37.4 Å². The molecule has 0 radical (unpaired) electrons. The second kappa shape index (κ2) is 9.45. The van der Waals surface area contributed by atoms with Crippen LogP contribution in [0.5, 0.6) is 5.75 Å². The van der Waals surface area contributed by atoms with Crippen LogP contribution in [0.15, 0.2) is 48.5 Å². The van der Waals surface area contributed by atoms with Gasteiger partial charge in [0.15, 0.2) is 0 Å². The molecule has 8 heteroatoms. The zero-order chi connectivity index (χ0) is 21.8. The Balaban J connectivity index is 1.26. The van der Waals surface area contributed by atoms with Gasteiger partial charge in [-0.25, -0.2) is 15.2 Å². The number of amides is 2. The van der Waals surface area contributed by atoms with E-state index in [0.29, 0.717) is 43.7 Å². The highest BCUT2D eigenvalue weighted by molar-refractivity contribution is 5.94. The van der Waals surface area contributed by atoms with E-state index in [1.807, 2.05) is 4.90 Å². The third kappa shape index (κ3) is 5.03. The van der Waals surface area contributed by atoms with E-state index in [4.69, 9.17) is 4.74 Å². The molecule has 2 saturated heterocycles. The Morgan fingerprint density at radius 1 is 1.10 bits per heavy atom. The van der Waals surface area contributed by atoms with Crippen molar-refractivity contribution in [3.8, 4) is 5.75 Å². The molecule has 3 N–H and O–H groups in total. The largest absolute Gasteiger partial charge is 0.497 e. The number of hydrazine groups is 1. The number of ether oxygens (including phenoxy) is 1. The number of carbonyl (C=O) groups is 2. The van der Waals surface area contributed by atoms with E-state index < -0.39 is 0 Å². The fourth-order valence-electron chi connectivity index (χ4n) is 4.13. The van der Waals surface area contributed by atoms with E-state index in [0.717, 1.165) is 5.56 Å². The van der Waals surface area contributed by atoms with E-state index in [1.165, 1.54) is 12.1 Å². The maximum absolute atomic E-state index is 13.1. The van der Waals surface area contributed by atoms with Crippen LogP contribution in [0, 0.1) is 5.82 Å². The highest BCUT2D eigenvalue weighted by Crippen LogP contribution is 2.24. The third-order valence-corrected chi connectivity index (χ3v) is 5.95. The van der Waals surface area contributed by atoms with Gasteiger partial charge in [-0.1, -0.05) is 18.2 Å². The van der Waals surface area contributed by atoms with E-state index in [2.05, 4.69) is 16.2 Å². The molecule has 31 heavy (non-hydrogen) atoms. The number of rotatable bonds is 5. The molecule has 2 aliphatic rings. The summed E-state index contributed by atoms with van der Waals surface area (Å²) in [5.41, 5.74) is 7.72. The minimum absolute atomic E-state index is 0.0318. The molecule has 0 bridgehead atoms. The molecule has 2 aromatic rings. The summed E-state index contributed by atoms with van der Waals surface area (Å²) in [6.45, 7) is 1.20. The average Bonchev–Trinajstić information content (AvgIpc) is 3.30. The monoisotopic (exact) mass is 426 g/mol. The lowest BCUT2D eigenvalue weighted by Gasteiger charge is -2.33. The first kappa shape index (κ1) is 21.3. The first-order valence-electron chi connectivity index (χ1n) is 10.5. The van der Waals surface area contributed by atoms with Gasteiger partial charge >= 0.3 is 0 Å². The molecule has 2 fully saturated rings. The topological polar surface area (TPSA) is 82.7 Å². The van der Waals surface area contributed by atoms with Crippen LogP contribution in [0.3, 0.4) is 0 Å². The Hall–Kier alpha value is -2.97. The Labute approximate surface area is 180 Å². The summed E-state index contributed by atoms with van der Waals surface area (Å²) in [6, 6.07) is 13.1. The lowest BCUT2D eigenvalue weighted by Crippen LogP contribution is -2.51. The number of carbonyl (C=O) groups excluding carboxylic acids is 2. The predicted octanol–water partition coefficient (Wildman–Crippen LogP) is 2.16. The SMILES string of the molecule is COc1cccc(C(=O)NC2CCN(C(=O)C3CC(c4ccc(F)cc4)NN3)CC2)c1. The van der Waals surface area contributed by atoms with Gasteiger partial charge in [0.05, 0.1) is 7.11 Å². The summed E-state index contributed by atoms with van der Waals surface area (Å²) in [5.74, 6) is 0.288. The first-order valence-corrected chi connectivity index (χ1v) is 10.5. The number of methoxy groups -OCH3 is 1. The molecule has 2 amide bonds. The van der Waals surface area contributed by atoms with Crippen molar-refractivity contribution in [3.05, 3.63) is 65.5 Å². The van der Waals surface area contributed by atoms with Crippen LogP contribution in [-0.4, -0.2) is 49.0 Å². The van der Waals surface area contributed by atoms with Gasteiger partial charge in [-0.3, -0.25) is 9.59 Å². The van der Waals surface area contributed by atoms with E-state index >= 15 is 0 Å². The number of halogens is 1. The zero-order valence-electron chi connectivity index (χ0n) is 17.4. The van der Waals surface area contributed by atoms with E-state index in [1.54, 1.807) is 43.5 Å². The van der Waals surface area contributed by atoms with E-state index in [-0.39, 0.29) is 35.8 Å². The Morgan fingerprint density at radius 2 is 1.84 bits per heavy atom. The van der Waals surface area contributed by atoms with Crippen molar-refractivity contribution in [1.82, 2.24) is 21.1 Å². The zero-order valence-corrected chi connectivity index (χ0v) is 17.4. The van der Waals surface area contributed by atoms with Crippen molar-refractivity contribution >= 4 is 11.8 Å². The van der Waals surface area contributed by atoms with Crippen molar-refractivity contribution in [3.63, 3.8) is 0 Å². The van der Waals surface area contributed by atoms with Gasteiger partial charge in [-0.2, -0.15) is 0 Å². The molecule has 4 rings (SSSR count). The van der Waals surface area contributed by atoms with Crippen molar-refractivity contribution in [2.75, 3.05) is 20.2 Å². The third-order valence-electron chi connectivity index (χ3n) is 5.95. The highest BCUT2D eigenvalue weighted by atomic mass is 19.1. The molecular weight excluding hydrogens is 399 g/mol. The van der Waals surface area contributed by atoms with Gasteiger partial charge in [0.2, 0.25) is 5.91 Å². The molecule has 7 nitrogen and oxygen atoms in total. The Morgan fingerprint density at radius 3 is 2.55 bits per heavy atom. The van der Waals surface area contributed by atoms with Gasteiger partial charge in [0.1, 0.15) is 17.6 Å². The van der Waals surface area contributed by atoms with Crippen LogP contribution >= 0.6 is 0 Å².